The molecule has 0 saturated heterocycles. The zero-order chi connectivity index (χ0) is 15.4. The van der Waals surface area contributed by atoms with Crippen molar-refractivity contribution < 1.29 is 9.90 Å². The Morgan fingerprint density at radius 3 is 2.10 bits per heavy atom. The first-order valence-electron chi connectivity index (χ1n) is 6.93. The molecule has 6 nitrogen and oxygen atoms in total. The van der Waals surface area contributed by atoms with E-state index in [1.165, 1.54) is 0 Å². The van der Waals surface area contributed by atoms with Crippen molar-refractivity contribution in [2.24, 2.45) is 0 Å². The minimum atomic E-state index is -0.0675. The SMILES string of the molecule is CC(C)N(CCCO)CC(=O)N(CCC#N)CCC#N. The standard InChI is InChI=1S/C14H24N4O2/c1-13(2)18(10-5-11-19)12-14(20)17(8-3-6-15)9-4-7-16/h13,19H,3-5,8-12H2,1-2H3. The van der Waals surface area contributed by atoms with E-state index in [1.807, 2.05) is 30.9 Å². The highest BCUT2D eigenvalue weighted by atomic mass is 16.3. The Balaban J connectivity index is 4.52. The number of rotatable bonds is 10. The number of aliphatic hydroxyl groups is 1. The molecule has 0 unspecified atom stereocenters. The molecule has 0 aromatic carbocycles. The summed E-state index contributed by atoms with van der Waals surface area (Å²) in [5.41, 5.74) is 0. The minimum absolute atomic E-state index is 0.0675. The lowest BCUT2D eigenvalue weighted by Gasteiger charge is -2.29. The molecule has 0 bridgehead atoms. The first-order chi connectivity index (χ1) is 9.56. The van der Waals surface area contributed by atoms with Gasteiger partial charge in [-0.1, -0.05) is 0 Å². The van der Waals surface area contributed by atoms with Gasteiger partial charge in [-0.2, -0.15) is 10.5 Å². The van der Waals surface area contributed by atoms with Crippen LogP contribution in [-0.4, -0.2) is 59.6 Å². The van der Waals surface area contributed by atoms with Gasteiger partial charge in [-0.3, -0.25) is 9.69 Å². The van der Waals surface area contributed by atoms with Gasteiger partial charge in [-0.05, 0) is 20.3 Å². The number of nitrogens with zero attached hydrogens (tertiary/aromatic N) is 4. The summed E-state index contributed by atoms with van der Waals surface area (Å²) in [7, 11) is 0. The molecule has 1 N–H and O–H groups in total. The summed E-state index contributed by atoms with van der Waals surface area (Å²) in [5.74, 6) is -0.0675. The van der Waals surface area contributed by atoms with Crippen LogP contribution in [0.15, 0.2) is 0 Å². The van der Waals surface area contributed by atoms with Crippen molar-refractivity contribution in [2.45, 2.75) is 39.2 Å². The molecule has 0 radical (unpaired) electrons. The Hall–Kier alpha value is -1.63. The zero-order valence-electron chi connectivity index (χ0n) is 12.4. The first-order valence-corrected chi connectivity index (χ1v) is 6.93. The Bertz CT molecular complexity index is 339. The van der Waals surface area contributed by atoms with Gasteiger partial charge < -0.3 is 10.0 Å². The summed E-state index contributed by atoms with van der Waals surface area (Å²) in [6.07, 6.45) is 1.17. The maximum absolute atomic E-state index is 12.2. The fraction of sp³-hybridized carbons (Fsp3) is 0.786. The summed E-state index contributed by atoms with van der Waals surface area (Å²) in [5, 5.41) is 26.1. The number of carbonyl (C=O) groups excluding carboxylic acids is 1. The van der Waals surface area contributed by atoms with Gasteiger partial charge in [0.25, 0.3) is 0 Å². The summed E-state index contributed by atoms with van der Waals surface area (Å²) in [4.78, 5) is 15.8. The molecule has 0 atom stereocenters. The molecule has 0 aliphatic heterocycles. The van der Waals surface area contributed by atoms with Crippen LogP contribution in [0.25, 0.3) is 0 Å². The average molecular weight is 280 g/mol. The van der Waals surface area contributed by atoms with Crippen molar-refractivity contribution in [3.05, 3.63) is 0 Å². The van der Waals surface area contributed by atoms with E-state index in [4.69, 9.17) is 15.6 Å². The van der Waals surface area contributed by atoms with Crippen LogP contribution < -0.4 is 0 Å². The highest BCUT2D eigenvalue weighted by Crippen LogP contribution is 2.03. The predicted octanol–water partition coefficient (Wildman–Crippen LogP) is 0.735. The van der Waals surface area contributed by atoms with E-state index in [1.54, 1.807) is 4.90 Å². The summed E-state index contributed by atoms with van der Waals surface area (Å²) in [6, 6.07) is 4.24. The molecule has 0 saturated carbocycles. The van der Waals surface area contributed by atoms with E-state index < -0.39 is 0 Å². The zero-order valence-corrected chi connectivity index (χ0v) is 12.4. The summed E-state index contributed by atoms with van der Waals surface area (Å²) >= 11 is 0. The van der Waals surface area contributed by atoms with Gasteiger partial charge in [0.2, 0.25) is 5.91 Å². The summed E-state index contributed by atoms with van der Waals surface area (Å²) < 4.78 is 0. The van der Waals surface area contributed by atoms with E-state index in [-0.39, 0.29) is 37.9 Å². The normalized spacial score (nSPS) is 10.3. The van der Waals surface area contributed by atoms with E-state index in [2.05, 4.69) is 0 Å². The van der Waals surface area contributed by atoms with Crippen LogP contribution in [0.1, 0.15) is 33.1 Å². The first kappa shape index (κ1) is 18.4. The number of hydrogen-bond acceptors (Lipinski definition) is 5. The molecule has 0 aliphatic rings. The van der Waals surface area contributed by atoms with E-state index >= 15 is 0 Å². The fourth-order valence-electron chi connectivity index (χ4n) is 1.80. The van der Waals surface area contributed by atoms with Gasteiger partial charge in [0.15, 0.2) is 0 Å². The van der Waals surface area contributed by atoms with E-state index in [9.17, 15) is 4.79 Å². The van der Waals surface area contributed by atoms with Crippen molar-refractivity contribution in [3.63, 3.8) is 0 Å². The lowest BCUT2D eigenvalue weighted by atomic mass is 10.2. The van der Waals surface area contributed by atoms with E-state index in [0.29, 0.717) is 26.1 Å². The smallest absolute Gasteiger partial charge is 0.236 e. The topological polar surface area (TPSA) is 91.4 Å². The molecule has 6 heteroatoms. The van der Waals surface area contributed by atoms with Crippen molar-refractivity contribution >= 4 is 5.91 Å². The predicted molar refractivity (Wildman–Crippen MR) is 75.5 cm³/mol. The van der Waals surface area contributed by atoms with Crippen LogP contribution in [0.4, 0.5) is 0 Å². The largest absolute Gasteiger partial charge is 0.396 e. The lowest BCUT2D eigenvalue weighted by Crippen LogP contribution is -2.44. The van der Waals surface area contributed by atoms with Crippen LogP contribution >= 0.6 is 0 Å². The number of carbonyl (C=O) groups is 1. The maximum Gasteiger partial charge on any atom is 0.236 e. The molecule has 0 rings (SSSR count). The van der Waals surface area contributed by atoms with Crippen LogP contribution in [0.2, 0.25) is 0 Å². The highest BCUT2D eigenvalue weighted by molar-refractivity contribution is 5.78. The quantitative estimate of drug-likeness (QED) is 0.637. The van der Waals surface area contributed by atoms with Crippen molar-refractivity contribution in [1.82, 2.24) is 9.80 Å². The Morgan fingerprint density at radius 1 is 1.15 bits per heavy atom. The van der Waals surface area contributed by atoms with Crippen LogP contribution in [0, 0.1) is 22.7 Å². The molecule has 0 heterocycles. The molecule has 1 amide bonds. The van der Waals surface area contributed by atoms with E-state index in [0.717, 1.165) is 0 Å². The van der Waals surface area contributed by atoms with Gasteiger partial charge in [0.05, 0.1) is 31.5 Å². The number of hydrogen-bond donors (Lipinski definition) is 1. The second kappa shape index (κ2) is 11.2. The third-order valence-electron chi connectivity index (χ3n) is 3.01. The van der Waals surface area contributed by atoms with Crippen molar-refractivity contribution in [3.8, 4) is 12.1 Å². The minimum Gasteiger partial charge on any atom is -0.396 e. The van der Waals surface area contributed by atoms with Crippen molar-refractivity contribution in [2.75, 3.05) is 32.8 Å². The van der Waals surface area contributed by atoms with Crippen LogP contribution in [-0.2, 0) is 4.79 Å². The van der Waals surface area contributed by atoms with Gasteiger partial charge >= 0.3 is 0 Å². The monoisotopic (exact) mass is 280 g/mol. The Morgan fingerprint density at radius 2 is 1.70 bits per heavy atom. The molecule has 0 aliphatic carbocycles. The molecule has 112 valence electrons. The molecular formula is C14H24N4O2. The fourth-order valence-corrected chi connectivity index (χ4v) is 1.80. The average Bonchev–Trinajstić information content (AvgIpc) is 2.43. The van der Waals surface area contributed by atoms with Gasteiger partial charge in [0.1, 0.15) is 0 Å². The second-order valence-electron chi connectivity index (χ2n) is 4.84. The summed E-state index contributed by atoms with van der Waals surface area (Å²) in [6.45, 7) is 5.74. The Labute approximate surface area is 121 Å². The Kier molecular flexibility index (Phi) is 10.3. The van der Waals surface area contributed by atoms with Crippen molar-refractivity contribution in [1.29, 1.82) is 10.5 Å². The molecule has 20 heavy (non-hydrogen) atoms. The molecular weight excluding hydrogens is 256 g/mol. The van der Waals surface area contributed by atoms with Gasteiger partial charge in [0, 0.05) is 32.3 Å². The third-order valence-corrected chi connectivity index (χ3v) is 3.01. The molecule has 0 fully saturated rings. The highest BCUT2D eigenvalue weighted by Gasteiger charge is 2.18. The van der Waals surface area contributed by atoms with Gasteiger partial charge in [-0.15, -0.1) is 0 Å². The van der Waals surface area contributed by atoms with Gasteiger partial charge in [-0.25, -0.2) is 0 Å². The lowest BCUT2D eigenvalue weighted by molar-refractivity contribution is -0.132. The number of aliphatic hydroxyl groups excluding tert-OH is 1. The maximum atomic E-state index is 12.2. The molecule has 0 spiro atoms. The van der Waals surface area contributed by atoms with Crippen LogP contribution in [0.3, 0.4) is 0 Å². The third kappa shape index (κ3) is 7.73. The van der Waals surface area contributed by atoms with Crippen LogP contribution in [0.5, 0.6) is 0 Å². The molecule has 0 aromatic rings. The second-order valence-corrected chi connectivity index (χ2v) is 4.84. The molecule has 0 aromatic heterocycles. The number of amides is 1. The number of nitriles is 2.